The molecule has 1 N–H and O–H groups in total. The molecule has 0 fully saturated rings. The molecular formula is C16H16N2O2S2. The van der Waals surface area contributed by atoms with Crippen molar-refractivity contribution in [2.75, 3.05) is 6.54 Å². The second-order valence-electron chi connectivity index (χ2n) is 4.81. The highest BCUT2D eigenvalue weighted by Gasteiger charge is 2.20. The van der Waals surface area contributed by atoms with E-state index in [2.05, 4.69) is 10.3 Å². The highest BCUT2D eigenvalue weighted by atomic mass is 32.2. The van der Waals surface area contributed by atoms with Crippen LogP contribution in [-0.4, -0.2) is 17.4 Å². The van der Waals surface area contributed by atoms with Crippen molar-refractivity contribution in [1.29, 1.82) is 0 Å². The highest BCUT2D eigenvalue weighted by molar-refractivity contribution is 8.00. The molecule has 2 aromatic heterocycles. The Kier molecular flexibility index (Phi) is 4.49. The number of carbonyl (C=O) groups is 1. The number of fused-ring (bicyclic) bond motifs is 1. The van der Waals surface area contributed by atoms with Crippen LogP contribution in [0.2, 0.25) is 0 Å². The molecule has 0 unspecified atom stereocenters. The number of amides is 1. The Balaban J connectivity index is 1.94. The van der Waals surface area contributed by atoms with Gasteiger partial charge in [-0.15, -0.1) is 11.3 Å². The summed E-state index contributed by atoms with van der Waals surface area (Å²) in [7, 11) is 0. The molecule has 0 spiro atoms. The number of thioether (sulfide) groups is 1. The van der Waals surface area contributed by atoms with Gasteiger partial charge in [-0.2, -0.15) is 0 Å². The van der Waals surface area contributed by atoms with Gasteiger partial charge in [-0.25, -0.2) is 4.98 Å². The Labute approximate surface area is 136 Å². The first-order valence-corrected chi connectivity index (χ1v) is 8.89. The van der Waals surface area contributed by atoms with Crippen LogP contribution in [0.1, 0.15) is 28.7 Å². The number of rotatable bonds is 5. The first-order chi connectivity index (χ1) is 10.7. The molecule has 0 aliphatic heterocycles. The molecule has 2 heterocycles. The molecule has 3 rings (SSSR count). The number of thiazole rings is 1. The number of aromatic nitrogens is 1. The summed E-state index contributed by atoms with van der Waals surface area (Å²) in [6, 6.07) is 7.75. The Morgan fingerprint density at radius 2 is 2.23 bits per heavy atom. The van der Waals surface area contributed by atoms with Gasteiger partial charge in [0.1, 0.15) is 9.92 Å². The molecule has 22 heavy (non-hydrogen) atoms. The van der Waals surface area contributed by atoms with E-state index in [1.807, 2.05) is 43.5 Å². The Morgan fingerprint density at radius 3 is 2.95 bits per heavy atom. The third-order valence-electron chi connectivity index (χ3n) is 3.18. The van der Waals surface area contributed by atoms with Gasteiger partial charge in [0, 0.05) is 34.3 Å². The van der Waals surface area contributed by atoms with Gasteiger partial charge in [-0.3, -0.25) is 4.79 Å². The average Bonchev–Trinajstić information content (AvgIpc) is 3.09. The second-order valence-corrected chi connectivity index (χ2v) is 6.89. The van der Waals surface area contributed by atoms with Crippen LogP contribution in [0.4, 0.5) is 0 Å². The molecule has 3 aromatic rings. The summed E-state index contributed by atoms with van der Waals surface area (Å²) in [5.74, 6) is 0.907. The minimum absolute atomic E-state index is 0.162. The van der Waals surface area contributed by atoms with E-state index in [1.54, 1.807) is 23.1 Å². The smallest absolute Gasteiger partial charge is 0.287 e. The van der Waals surface area contributed by atoms with Crippen LogP contribution in [0.25, 0.3) is 11.0 Å². The van der Waals surface area contributed by atoms with Crippen LogP contribution < -0.4 is 5.32 Å². The van der Waals surface area contributed by atoms with Crippen LogP contribution in [0.15, 0.2) is 38.4 Å². The lowest BCUT2D eigenvalue weighted by Crippen LogP contribution is -2.23. The van der Waals surface area contributed by atoms with Crippen LogP contribution in [0.3, 0.4) is 0 Å². The van der Waals surface area contributed by atoms with Crippen molar-refractivity contribution in [2.24, 2.45) is 0 Å². The normalized spacial score (nSPS) is 11.0. The van der Waals surface area contributed by atoms with Crippen molar-refractivity contribution in [3.8, 4) is 0 Å². The number of aryl methyl sites for hydroxylation is 1. The van der Waals surface area contributed by atoms with Gasteiger partial charge < -0.3 is 9.73 Å². The fourth-order valence-electron chi connectivity index (χ4n) is 2.20. The number of nitrogens with one attached hydrogen (secondary N) is 1. The van der Waals surface area contributed by atoms with E-state index < -0.39 is 0 Å². The number of carbonyl (C=O) groups excluding carboxylic acids is 1. The van der Waals surface area contributed by atoms with E-state index in [1.165, 1.54) is 0 Å². The van der Waals surface area contributed by atoms with E-state index >= 15 is 0 Å². The van der Waals surface area contributed by atoms with Gasteiger partial charge in [0.25, 0.3) is 5.91 Å². The zero-order valence-electron chi connectivity index (χ0n) is 12.4. The van der Waals surface area contributed by atoms with Gasteiger partial charge in [0.15, 0.2) is 5.76 Å². The van der Waals surface area contributed by atoms with Gasteiger partial charge in [-0.05, 0) is 19.9 Å². The zero-order chi connectivity index (χ0) is 15.5. The summed E-state index contributed by atoms with van der Waals surface area (Å²) in [6.07, 6.45) is 0. The standard InChI is InChI=1S/C16H16N2O2S2/c1-3-17-15(19)14-12(9-22-16-18-10(2)8-21-16)11-6-4-5-7-13(11)20-14/h4-8H,3,9H2,1-2H3,(H,17,19). The minimum Gasteiger partial charge on any atom is -0.451 e. The molecule has 4 nitrogen and oxygen atoms in total. The highest BCUT2D eigenvalue weighted by Crippen LogP contribution is 2.33. The van der Waals surface area contributed by atoms with Crippen LogP contribution in [-0.2, 0) is 5.75 Å². The topological polar surface area (TPSA) is 55.1 Å². The fraction of sp³-hybridized carbons (Fsp3) is 0.250. The van der Waals surface area contributed by atoms with Crippen molar-refractivity contribution in [2.45, 2.75) is 23.9 Å². The molecular weight excluding hydrogens is 316 g/mol. The van der Waals surface area contributed by atoms with Crippen molar-refractivity contribution in [3.63, 3.8) is 0 Å². The second kappa shape index (κ2) is 6.54. The van der Waals surface area contributed by atoms with Gasteiger partial charge in [0.05, 0.1) is 0 Å². The van der Waals surface area contributed by atoms with E-state index in [4.69, 9.17) is 4.42 Å². The molecule has 114 valence electrons. The van der Waals surface area contributed by atoms with Crippen molar-refractivity contribution >= 4 is 40.0 Å². The lowest BCUT2D eigenvalue weighted by molar-refractivity contribution is 0.0929. The molecule has 6 heteroatoms. The Hall–Kier alpha value is -1.79. The Bertz CT molecular complexity index is 807. The molecule has 0 aliphatic carbocycles. The van der Waals surface area contributed by atoms with Crippen molar-refractivity contribution < 1.29 is 9.21 Å². The molecule has 0 aliphatic rings. The third kappa shape index (κ3) is 3.03. The zero-order valence-corrected chi connectivity index (χ0v) is 14.0. The first kappa shape index (κ1) is 15.1. The number of para-hydroxylation sites is 1. The summed E-state index contributed by atoms with van der Waals surface area (Å²) in [4.78, 5) is 16.7. The molecule has 0 saturated carbocycles. The largest absolute Gasteiger partial charge is 0.451 e. The molecule has 0 atom stereocenters. The predicted molar refractivity (Wildman–Crippen MR) is 90.6 cm³/mol. The quantitative estimate of drug-likeness (QED) is 0.710. The molecule has 0 bridgehead atoms. The lowest BCUT2D eigenvalue weighted by Gasteiger charge is -2.02. The number of benzene rings is 1. The van der Waals surface area contributed by atoms with E-state index in [0.29, 0.717) is 18.1 Å². The number of furan rings is 1. The van der Waals surface area contributed by atoms with E-state index in [9.17, 15) is 4.79 Å². The molecule has 1 amide bonds. The molecule has 1 aromatic carbocycles. The van der Waals surface area contributed by atoms with Gasteiger partial charge in [0.2, 0.25) is 0 Å². The maximum Gasteiger partial charge on any atom is 0.287 e. The van der Waals surface area contributed by atoms with Crippen LogP contribution >= 0.6 is 23.1 Å². The average molecular weight is 332 g/mol. The third-order valence-corrected chi connectivity index (χ3v) is 5.35. The van der Waals surface area contributed by atoms with Crippen LogP contribution in [0.5, 0.6) is 0 Å². The lowest BCUT2D eigenvalue weighted by atomic mass is 10.1. The summed E-state index contributed by atoms with van der Waals surface area (Å²) in [5, 5.41) is 5.83. The summed E-state index contributed by atoms with van der Waals surface area (Å²) < 4.78 is 6.77. The molecule has 0 saturated heterocycles. The number of hydrogen-bond donors (Lipinski definition) is 1. The summed E-state index contributed by atoms with van der Waals surface area (Å²) >= 11 is 3.25. The first-order valence-electron chi connectivity index (χ1n) is 7.02. The van der Waals surface area contributed by atoms with Gasteiger partial charge in [-0.1, -0.05) is 30.0 Å². The molecule has 0 radical (unpaired) electrons. The Morgan fingerprint density at radius 1 is 1.41 bits per heavy atom. The predicted octanol–water partition coefficient (Wildman–Crippen LogP) is 4.24. The van der Waals surface area contributed by atoms with Crippen molar-refractivity contribution in [3.05, 3.63) is 46.7 Å². The minimum atomic E-state index is -0.162. The maximum atomic E-state index is 12.2. The van der Waals surface area contributed by atoms with Gasteiger partial charge >= 0.3 is 0 Å². The summed E-state index contributed by atoms with van der Waals surface area (Å²) in [6.45, 7) is 4.45. The van der Waals surface area contributed by atoms with E-state index in [-0.39, 0.29) is 5.91 Å². The number of nitrogens with zero attached hydrogens (tertiary/aromatic N) is 1. The van der Waals surface area contributed by atoms with Crippen molar-refractivity contribution in [1.82, 2.24) is 10.3 Å². The fourth-order valence-corrected chi connectivity index (χ4v) is 4.08. The number of hydrogen-bond acceptors (Lipinski definition) is 5. The summed E-state index contributed by atoms with van der Waals surface area (Å²) in [5.41, 5.74) is 2.70. The maximum absolute atomic E-state index is 12.2. The monoisotopic (exact) mass is 332 g/mol. The van der Waals surface area contributed by atoms with Crippen LogP contribution in [0, 0.1) is 6.92 Å². The SMILES string of the molecule is CCNC(=O)c1oc2ccccc2c1CSc1nc(C)cs1. The van der Waals surface area contributed by atoms with E-state index in [0.717, 1.165) is 26.6 Å².